The number of benzene rings is 4. The number of rotatable bonds is 10. The lowest BCUT2D eigenvalue weighted by molar-refractivity contribution is -0.276. The first-order chi connectivity index (χ1) is 29.8. The predicted octanol–water partition coefficient (Wildman–Crippen LogP) is 7.98. The Kier molecular flexibility index (Phi) is 15.2. The van der Waals surface area contributed by atoms with Gasteiger partial charge in [0.2, 0.25) is 20.0 Å². The van der Waals surface area contributed by atoms with Crippen LogP contribution in [0.1, 0.15) is 48.5 Å². The first kappa shape index (κ1) is 47.4. The van der Waals surface area contributed by atoms with Crippen LogP contribution < -0.4 is 14.8 Å². The first-order valence-corrected chi connectivity index (χ1v) is 23.1. The number of halogens is 6. The van der Waals surface area contributed by atoms with Crippen LogP contribution in [0.15, 0.2) is 119 Å². The molecule has 1 fully saturated rings. The van der Waals surface area contributed by atoms with Gasteiger partial charge < -0.3 is 19.4 Å². The van der Waals surface area contributed by atoms with Crippen molar-refractivity contribution in [3.8, 4) is 11.5 Å². The van der Waals surface area contributed by atoms with E-state index < -0.39 is 66.1 Å². The minimum atomic E-state index is -5.03. The first-order valence-electron chi connectivity index (χ1n) is 19.8. The van der Waals surface area contributed by atoms with E-state index in [-0.39, 0.29) is 13.1 Å². The van der Waals surface area contributed by atoms with E-state index in [0.29, 0.717) is 68.3 Å². The van der Waals surface area contributed by atoms with Crippen LogP contribution in [0.3, 0.4) is 0 Å². The van der Waals surface area contributed by atoms with Crippen molar-refractivity contribution in [1.29, 1.82) is 0 Å². The van der Waals surface area contributed by atoms with Crippen molar-refractivity contribution in [1.82, 2.24) is 28.7 Å². The zero-order valence-corrected chi connectivity index (χ0v) is 36.2. The molecule has 0 bridgehead atoms. The molecule has 21 heteroatoms. The second kappa shape index (κ2) is 20.2. The van der Waals surface area contributed by atoms with Gasteiger partial charge in [0.1, 0.15) is 32.9 Å². The summed E-state index contributed by atoms with van der Waals surface area (Å²) in [7, 11) is -8.71. The molecule has 2 aliphatic rings. The fourth-order valence-corrected chi connectivity index (χ4v) is 11.3. The number of aromatic nitrogens is 3. The van der Waals surface area contributed by atoms with E-state index in [1.165, 1.54) is 32.9 Å². The fraction of sp³-hybridized carbons (Fsp3) is 0.357. The molecule has 5 aromatic rings. The van der Waals surface area contributed by atoms with E-state index >= 15 is 0 Å². The molecule has 12 nitrogen and oxygen atoms in total. The van der Waals surface area contributed by atoms with Crippen LogP contribution in [0.2, 0.25) is 0 Å². The molecule has 0 aliphatic carbocycles. The highest BCUT2D eigenvalue weighted by Gasteiger charge is 2.40. The van der Waals surface area contributed by atoms with Gasteiger partial charge in [-0.05, 0) is 80.8 Å². The smallest absolute Gasteiger partial charge is 0.404 e. The van der Waals surface area contributed by atoms with Crippen molar-refractivity contribution >= 4 is 37.3 Å². The fourth-order valence-electron chi connectivity index (χ4n) is 7.51. The Morgan fingerprint density at radius 3 is 1.59 bits per heavy atom. The van der Waals surface area contributed by atoms with Gasteiger partial charge in [-0.15, -0.1) is 36.5 Å². The Balaban J connectivity index is 0.000000211. The molecule has 0 unspecified atom stereocenters. The van der Waals surface area contributed by atoms with Crippen LogP contribution in [0, 0.1) is 6.92 Å². The number of hydrogen-bond donors (Lipinski definition) is 1. The van der Waals surface area contributed by atoms with Crippen molar-refractivity contribution in [2.45, 2.75) is 93.1 Å². The molecule has 1 N–H and O–H groups in total. The predicted molar refractivity (Wildman–Crippen MR) is 225 cm³/mol. The second-order valence-electron chi connectivity index (χ2n) is 14.7. The average Bonchev–Trinajstić information content (AvgIpc) is 3.55. The average molecular weight is 939 g/mol. The SMILES string of the molecule is Cc1nnc2n1CCC[C@@H](Cc1ccccc1)N(S(=O)(=O)c1ccccc1OC(F)(F)F)C2.O=S(=O)(c1ccccc1OC(F)(F)F)N1CC(=S)NCCC[C@H]1Cc1ccccc1. The maximum atomic E-state index is 13.8. The van der Waals surface area contributed by atoms with E-state index in [9.17, 15) is 43.2 Å². The van der Waals surface area contributed by atoms with Crippen molar-refractivity contribution < 1.29 is 52.7 Å². The topological polar surface area (TPSA) is 136 Å². The van der Waals surface area contributed by atoms with Gasteiger partial charge in [-0.2, -0.15) is 8.61 Å². The summed E-state index contributed by atoms with van der Waals surface area (Å²) in [4.78, 5) is -0.752. The molecule has 0 radical (unpaired) electrons. The number of sulfonamides is 2. The van der Waals surface area contributed by atoms with Crippen LogP contribution in [0.5, 0.6) is 11.5 Å². The summed E-state index contributed by atoms with van der Waals surface area (Å²) in [5.74, 6) is -0.416. The second-order valence-corrected chi connectivity index (χ2v) is 18.9. The minimum absolute atomic E-state index is 0.110. The van der Waals surface area contributed by atoms with Crippen LogP contribution in [-0.4, -0.2) is 83.1 Å². The Hall–Kier alpha value is -5.09. The quantitative estimate of drug-likeness (QED) is 0.109. The van der Waals surface area contributed by atoms with Gasteiger partial charge in [0, 0.05) is 25.2 Å². The standard InChI is InChI=1S/C22H23F3N4O3S.C20H21F3N2O3S2/c1-16-26-27-21-15-29(18(10-7-13-28(16)21)14-17-8-3-2-4-9-17)33(30,31)20-12-6-5-11-19(20)32-22(23,24)25;21-20(22,23)28-17-10-4-5-11-18(17)30(26,27)25-14-19(29)24-12-6-9-16(25)13-15-7-2-1-3-8-15/h2-6,8-9,11-12,18H,7,10,13-15H2,1H3;1-5,7-8,10-11,16H,6,9,12-14H2,(H,24,29)/t18-;16-/m00/s1. The molecule has 3 heterocycles. The number of aryl methyl sites for hydroxylation is 1. The number of thiocarbonyl (C=S) groups is 1. The maximum absolute atomic E-state index is 13.8. The van der Waals surface area contributed by atoms with Crippen molar-refractivity contribution in [2.75, 3.05) is 13.1 Å². The molecule has 63 heavy (non-hydrogen) atoms. The molecule has 2 aliphatic heterocycles. The monoisotopic (exact) mass is 938 g/mol. The van der Waals surface area contributed by atoms with Crippen LogP contribution in [-0.2, 0) is 46.0 Å². The Bertz CT molecular complexity index is 2550. The molecule has 0 amide bonds. The van der Waals surface area contributed by atoms with E-state index in [2.05, 4.69) is 25.0 Å². The minimum Gasteiger partial charge on any atom is -0.404 e. The summed E-state index contributed by atoms with van der Waals surface area (Å²) in [6, 6.07) is 27.4. The van der Waals surface area contributed by atoms with E-state index in [4.69, 9.17) is 12.2 Å². The number of fused-ring (bicyclic) bond motifs is 1. The Morgan fingerprint density at radius 1 is 0.651 bits per heavy atom. The van der Waals surface area contributed by atoms with Gasteiger partial charge in [0.25, 0.3) is 0 Å². The van der Waals surface area contributed by atoms with Gasteiger partial charge in [0.15, 0.2) is 0 Å². The summed E-state index contributed by atoms with van der Waals surface area (Å²) in [6.07, 6.45) is -6.81. The number of alkyl halides is 6. The molecule has 1 aromatic heterocycles. The normalized spacial score (nSPS) is 18.3. The molecule has 0 spiro atoms. The number of nitrogens with one attached hydrogen (secondary N) is 1. The molecular formula is C42H44F6N6O6S3. The summed E-state index contributed by atoms with van der Waals surface area (Å²) in [6.45, 7) is 2.81. The van der Waals surface area contributed by atoms with Crippen molar-refractivity contribution in [3.05, 3.63) is 132 Å². The van der Waals surface area contributed by atoms with E-state index in [1.807, 2.05) is 65.2 Å². The lowest BCUT2D eigenvalue weighted by Crippen LogP contribution is -2.49. The van der Waals surface area contributed by atoms with Gasteiger partial charge >= 0.3 is 12.7 Å². The molecule has 2 atom stereocenters. The van der Waals surface area contributed by atoms with E-state index in [0.717, 1.165) is 35.4 Å². The molecule has 1 saturated heterocycles. The highest BCUT2D eigenvalue weighted by atomic mass is 32.2. The van der Waals surface area contributed by atoms with Crippen molar-refractivity contribution in [2.24, 2.45) is 0 Å². The lowest BCUT2D eigenvalue weighted by atomic mass is 10.0. The third-order valence-corrected chi connectivity index (χ3v) is 14.5. The third-order valence-electron chi connectivity index (χ3n) is 10.3. The summed E-state index contributed by atoms with van der Waals surface area (Å²) in [5.41, 5.74) is 1.86. The third kappa shape index (κ3) is 12.6. The zero-order chi connectivity index (χ0) is 45.4. The number of nitrogens with zero attached hydrogens (tertiary/aromatic N) is 5. The van der Waals surface area contributed by atoms with Gasteiger partial charge in [-0.3, -0.25) is 0 Å². The number of hydrogen-bond acceptors (Lipinski definition) is 9. The molecule has 7 rings (SSSR count). The van der Waals surface area contributed by atoms with Gasteiger partial charge in [-0.1, -0.05) is 97.1 Å². The molecule has 4 aromatic carbocycles. The van der Waals surface area contributed by atoms with E-state index in [1.54, 1.807) is 6.92 Å². The van der Waals surface area contributed by atoms with Crippen LogP contribution >= 0.6 is 12.2 Å². The molecule has 338 valence electrons. The zero-order valence-electron chi connectivity index (χ0n) is 33.8. The van der Waals surface area contributed by atoms with Gasteiger partial charge in [0.05, 0.1) is 18.1 Å². The summed E-state index contributed by atoms with van der Waals surface area (Å²) >= 11 is 5.26. The summed E-state index contributed by atoms with van der Waals surface area (Å²) < 4.78 is 144. The van der Waals surface area contributed by atoms with Gasteiger partial charge in [-0.25, -0.2) is 16.8 Å². The molecule has 0 saturated carbocycles. The largest absolute Gasteiger partial charge is 0.573 e. The number of ether oxygens (including phenoxy) is 2. The van der Waals surface area contributed by atoms with Crippen molar-refractivity contribution in [3.63, 3.8) is 0 Å². The number of para-hydroxylation sites is 2. The van der Waals surface area contributed by atoms with Crippen LogP contribution in [0.4, 0.5) is 26.3 Å². The molecular weight excluding hydrogens is 895 g/mol. The lowest BCUT2D eigenvalue weighted by Gasteiger charge is -2.33. The summed E-state index contributed by atoms with van der Waals surface area (Å²) in [5, 5.41) is 11.2. The Morgan fingerprint density at radius 2 is 1.10 bits per heavy atom. The maximum Gasteiger partial charge on any atom is 0.573 e. The Labute approximate surface area is 366 Å². The highest BCUT2D eigenvalue weighted by molar-refractivity contribution is 7.89. The van der Waals surface area contributed by atoms with Crippen LogP contribution in [0.25, 0.3) is 0 Å². The highest BCUT2D eigenvalue weighted by Crippen LogP contribution is 2.36.